The molecule has 1 N–H and O–H groups in total. The summed E-state index contributed by atoms with van der Waals surface area (Å²) >= 11 is 0. The third kappa shape index (κ3) is 13.6. The van der Waals surface area contributed by atoms with E-state index < -0.39 is 7.60 Å². The van der Waals surface area contributed by atoms with Gasteiger partial charge in [-0.3, -0.25) is 4.57 Å². The molecule has 0 unspecified atom stereocenters. The summed E-state index contributed by atoms with van der Waals surface area (Å²) in [7, 11) is 0.103. The van der Waals surface area contributed by atoms with Gasteiger partial charge in [0.25, 0.3) is 0 Å². The van der Waals surface area contributed by atoms with Crippen LogP contribution in [0.1, 0.15) is 57.8 Å². The smallest absolute Gasteiger partial charge is 0.330 e. The van der Waals surface area contributed by atoms with Crippen molar-refractivity contribution in [3.8, 4) is 0 Å². The fourth-order valence-corrected chi connectivity index (χ4v) is 3.04. The molecule has 0 atom stereocenters. The van der Waals surface area contributed by atoms with Crippen LogP contribution in [0.2, 0.25) is 0 Å². The van der Waals surface area contributed by atoms with Gasteiger partial charge in [0, 0.05) is 42.5 Å². The minimum absolute atomic E-state index is 0. The van der Waals surface area contributed by atoms with Gasteiger partial charge in [0.05, 0.1) is 6.16 Å². The zero-order valence-electron chi connectivity index (χ0n) is 12.4. The number of aliphatic hydroxyl groups excluding tert-OH is 1. The maximum Gasteiger partial charge on any atom is 0.330 e. The van der Waals surface area contributed by atoms with E-state index in [-0.39, 0.29) is 21.7 Å². The summed E-state index contributed by atoms with van der Waals surface area (Å²) in [5.74, 6) is 0. The minimum Gasteiger partial charge on any atom is -0.396 e. The van der Waals surface area contributed by atoms with Gasteiger partial charge in [-0.25, -0.2) is 0 Å². The average Bonchev–Trinajstić information content (AvgIpc) is 2.40. The van der Waals surface area contributed by atoms with E-state index in [1.165, 1.54) is 46.3 Å². The van der Waals surface area contributed by atoms with Crippen LogP contribution in [-0.2, 0) is 35.3 Å². The molecule has 4 nitrogen and oxygen atoms in total. The van der Waals surface area contributed by atoms with Gasteiger partial charge >= 0.3 is 7.60 Å². The van der Waals surface area contributed by atoms with Crippen molar-refractivity contribution in [1.29, 1.82) is 0 Å². The molecule has 0 fully saturated rings. The number of unbranched alkanes of at least 4 members (excludes halogenated alkanes) is 8. The van der Waals surface area contributed by atoms with Crippen molar-refractivity contribution in [3.63, 3.8) is 0 Å². The summed E-state index contributed by atoms with van der Waals surface area (Å²) in [5.41, 5.74) is 0. The molecular weight excluding hydrogens is 299 g/mol. The Kier molecular flexibility index (Phi) is 17.7. The fraction of sp³-hybridized carbons (Fsp3) is 1.00. The van der Waals surface area contributed by atoms with Crippen molar-refractivity contribution in [2.45, 2.75) is 57.8 Å². The van der Waals surface area contributed by atoms with Gasteiger partial charge in [-0.1, -0.05) is 44.9 Å². The van der Waals surface area contributed by atoms with Crippen molar-refractivity contribution < 1.29 is 40.4 Å². The minimum atomic E-state index is -2.78. The number of rotatable bonds is 13. The van der Waals surface area contributed by atoms with E-state index in [2.05, 4.69) is 0 Å². The Morgan fingerprint density at radius 3 is 1.53 bits per heavy atom. The van der Waals surface area contributed by atoms with E-state index >= 15 is 0 Å². The molecule has 0 aliphatic heterocycles. The first-order valence-electron chi connectivity index (χ1n) is 7.00. The molecule has 114 valence electrons. The molecule has 0 saturated carbocycles. The molecule has 0 spiro atoms. The number of hydrogen-bond donors (Lipinski definition) is 1. The molecule has 0 rings (SSSR count). The summed E-state index contributed by atoms with van der Waals surface area (Å²) in [6.07, 6.45) is 10.8. The van der Waals surface area contributed by atoms with Crippen molar-refractivity contribution in [2.24, 2.45) is 0 Å². The Balaban J connectivity index is 0. The number of aliphatic hydroxyl groups is 1. The zero-order chi connectivity index (χ0) is 13.7. The number of hydrogen-bond acceptors (Lipinski definition) is 4. The molecule has 6 heteroatoms. The molecular formula is C13H29O4PTi. The second-order valence-corrected chi connectivity index (χ2v) is 7.00. The Morgan fingerprint density at radius 2 is 1.16 bits per heavy atom. The van der Waals surface area contributed by atoms with Crippen LogP contribution in [0, 0.1) is 0 Å². The van der Waals surface area contributed by atoms with Gasteiger partial charge in [-0.15, -0.1) is 0 Å². The topological polar surface area (TPSA) is 55.8 Å². The van der Waals surface area contributed by atoms with Gasteiger partial charge in [0.1, 0.15) is 0 Å². The van der Waals surface area contributed by atoms with Crippen LogP contribution in [0.5, 0.6) is 0 Å². The maximum absolute atomic E-state index is 11.7. The molecule has 0 aliphatic rings. The van der Waals surface area contributed by atoms with Crippen LogP contribution < -0.4 is 0 Å². The quantitative estimate of drug-likeness (QED) is 0.316. The Bertz CT molecular complexity index is 219. The fourth-order valence-electron chi connectivity index (χ4n) is 1.91. The third-order valence-electron chi connectivity index (χ3n) is 3.15. The average molecular weight is 328 g/mol. The van der Waals surface area contributed by atoms with Gasteiger partial charge in [-0.2, -0.15) is 0 Å². The van der Waals surface area contributed by atoms with Crippen molar-refractivity contribution in [1.82, 2.24) is 0 Å². The van der Waals surface area contributed by atoms with E-state index in [4.69, 9.17) is 14.2 Å². The van der Waals surface area contributed by atoms with Gasteiger partial charge in [0.2, 0.25) is 0 Å². The van der Waals surface area contributed by atoms with E-state index in [9.17, 15) is 4.57 Å². The second kappa shape index (κ2) is 15.2. The first kappa shape index (κ1) is 22.1. The van der Waals surface area contributed by atoms with E-state index in [1.54, 1.807) is 0 Å². The summed E-state index contributed by atoms with van der Waals surface area (Å²) in [5, 5.41) is 8.63. The normalized spacial score (nSPS) is 11.3. The van der Waals surface area contributed by atoms with Crippen molar-refractivity contribution >= 4 is 7.60 Å². The molecule has 0 aliphatic carbocycles. The molecule has 0 aromatic carbocycles. The molecule has 0 aromatic rings. The molecule has 0 bridgehead atoms. The Labute approximate surface area is 133 Å². The van der Waals surface area contributed by atoms with E-state index in [0.717, 1.165) is 25.7 Å². The third-order valence-corrected chi connectivity index (χ3v) is 5.12. The first-order valence-corrected chi connectivity index (χ1v) is 8.72. The summed E-state index contributed by atoms with van der Waals surface area (Å²) in [4.78, 5) is 0. The molecule has 0 saturated heterocycles. The van der Waals surface area contributed by atoms with Crippen LogP contribution in [0.25, 0.3) is 0 Å². The van der Waals surface area contributed by atoms with Crippen LogP contribution in [0.4, 0.5) is 0 Å². The van der Waals surface area contributed by atoms with Gasteiger partial charge in [0.15, 0.2) is 0 Å². The van der Waals surface area contributed by atoms with Crippen LogP contribution in [0.3, 0.4) is 0 Å². The predicted molar refractivity (Wildman–Crippen MR) is 75.1 cm³/mol. The SMILES string of the molecule is COP(=O)(CCCCCCCCCCCO)OC.[Ti]. The van der Waals surface area contributed by atoms with E-state index in [0.29, 0.717) is 12.8 Å². The van der Waals surface area contributed by atoms with Gasteiger partial charge in [-0.05, 0) is 12.8 Å². The predicted octanol–water partition coefficient (Wildman–Crippen LogP) is 3.97. The zero-order valence-corrected chi connectivity index (χ0v) is 14.9. The monoisotopic (exact) mass is 328 g/mol. The van der Waals surface area contributed by atoms with Gasteiger partial charge < -0.3 is 14.2 Å². The molecule has 0 heterocycles. The van der Waals surface area contributed by atoms with E-state index in [1.807, 2.05) is 0 Å². The largest absolute Gasteiger partial charge is 0.396 e. The second-order valence-electron chi connectivity index (χ2n) is 4.61. The Morgan fingerprint density at radius 1 is 0.789 bits per heavy atom. The maximum atomic E-state index is 11.7. The molecule has 0 aromatic heterocycles. The molecule has 0 amide bonds. The summed E-state index contributed by atoms with van der Waals surface area (Å²) in [6.45, 7) is 0.319. The first-order chi connectivity index (χ1) is 8.68. The molecule has 19 heavy (non-hydrogen) atoms. The Hall–Kier alpha value is 0.824. The molecule has 0 radical (unpaired) electrons. The summed E-state index contributed by atoms with van der Waals surface area (Å²) < 4.78 is 21.5. The van der Waals surface area contributed by atoms with Crippen LogP contribution >= 0.6 is 7.60 Å². The van der Waals surface area contributed by atoms with Crippen LogP contribution in [-0.4, -0.2) is 32.1 Å². The van der Waals surface area contributed by atoms with Crippen molar-refractivity contribution in [3.05, 3.63) is 0 Å². The summed E-state index contributed by atoms with van der Waals surface area (Å²) in [6, 6.07) is 0. The van der Waals surface area contributed by atoms with Crippen LogP contribution in [0.15, 0.2) is 0 Å². The standard InChI is InChI=1S/C13H29O4P.Ti/c1-16-18(15,17-2)13-11-9-7-5-3-4-6-8-10-12-14;/h14H,3-13H2,1-2H3;. The van der Waals surface area contributed by atoms with Crippen molar-refractivity contribution in [2.75, 3.05) is 27.0 Å².